The van der Waals surface area contributed by atoms with Crippen LogP contribution in [-0.2, 0) is 19.1 Å². The molecule has 3 amide bonds. The molecule has 1 aromatic rings. The van der Waals surface area contributed by atoms with Gasteiger partial charge in [0.2, 0.25) is 5.91 Å². The minimum Gasteiger partial charge on any atom is -0.381 e. The molecule has 0 aliphatic carbocycles. The van der Waals surface area contributed by atoms with E-state index < -0.39 is 0 Å². The second-order valence-corrected chi connectivity index (χ2v) is 9.41. The summed E-state index contributed by atoms with van der Waals surface area (Å²) in [6.45, 7) is 11.1. The first-order valence-electron chi connectivity index (χ1n) is 12.1. The van der Waals surface area contributed by atoms with E-state index >= 15 is 0 Å². The van der Waals surface area contributed by atoms with E-state index in [-0.39, 0.29) is 17.7 Å². The third-order valence-corrected chi connectivity index (χ3v) is 6.14. The van der Waals surface area contributed by atoms with Crippen molar-refractivity contribution in [3.05, 3.63) is 35.5 Å². The lowest BCUT2D eigenvalue weighted by Crippen LogP contribution is -2.42. The molecule has 33 heavy (non-hydrogen) atoms. The van der Waals surface area contributed by atoms with E-state index in [0.29, 0.717) is 60.5 Å². The van der Waals surface area contributed by atoms with Gasteiger partial charge in [-0.15, -0.1) is 0 Å². The number of anilines is 1. The number of nitrogens with zero attached hydrogens (tertiary/aromatic N) is 2. The summed E-state index contributed by atoms with van der Waals surface area (Å²) in [5.41, 5.74) is 2.33. The molecule has 0 radical (unpaired) electrons. The van der Waals surface area contributed by atoms with Gasteiger partial charge in [-0.25, -0.2) is 0 Å². The molecule has 2 aliphatic rings. The van der Waals surface area contributed by atoms with Crippen LogP contribution in [0, 0.1) is 11.8 Å². The molecular weight excluding hydrogens is 418 g/mol. The number of unbranched alkanes of at least 4 members (excludes halogenated alkanes) is 1. The average Bonchev–Trinajstić information content (AvgIpc) is 3.00. The van der Waals surface area contributed by atoms with Crippen molar-refractivity contribution in [1.82, 2.24) is 9.80 Å². The van der Waals surface area contributed by atoms with E-state index in [1.54, 1.807) is 24.3 Å². The van der Waals surface area contributed by atoms with Crippen LogP contribution in [0.4, 0.5) is 5.69 Å². The number of ether oxygens (including phenoxy) is 1. The third-order valence-electron chi connectivity index (χ3n) is 6.14. The Labute approximate surface area is 197 Å². The van der Waals surface area contributed by atoms with Gasteiger partial charge in [0.1, 0.15) is 5.70 Å². The average molecular weight is 456 g/mol. The van der Waals surface area contributed by atoms with Crippen LogP contribution in [0.2, 0.25) is 0 Å². The number of imide groups is 1. The van der Waals surface area contributed by atoms with Crippen LogP contribution in [0.25, 0.3) is 5.57 Å². The van der Waals surface area contributed by atoms with E-state index in [0.717, 1.165) is 32.4 Å². The van der Waals surface area contributed by atoms with Crippen molar-refractivity contribution in [3.63, 3.8) is 0 Å². The number of piperidine rings is 1. The first-order chi connectivity index (χ1) is 15.8. The summed E-state index contributed by atoms with van der Waals surface area (Å²) in [6, 6.07) is 7.15. The molecule has 1 aromatic carbocycles. The van der Waals surface area contributed by atoms with E-state index in [1.165, 1.54) is 11.8 Å². The van der Waals surface area contributed by atoms with Crippen LogP contribution in [0.15, 0.2) is 30.0 Å². The summed E-state index contributed by atoms with van der Waals surface area (Å²) < 4.78 is 5.62. The Morgan fingerprint density at radius 3 is 2.27 bits per heavy atom. The van der Waals surface area contributed by atoms with Gasteiger partial charge < -0.3 is 15.0 Å². The van der Waals surface area contributed by atoms with Crippen LogP contribution in [0.5, 0.6) is 0 Å². The van der Waals surface area contributed by atoms with Gasteiger partial charge in [0.05, 0.1) is 5.57 Å². The Morgan fingerprint density at radius 1 is 1.03 bits per heavy atom. The summed E-state index contributed by atoms with van der Waals surface area (Å²) >= 11 is 0. The van der Waals surface area contributed by atoms with Crippen molar-refractivity contribution in [2.75, 3.05) is 38.2 Å². The van der Waals surface area contributed by atoms with E-state index in [4.69, 9.17) is 4.74 Å². The molecule has 2 atom stereocenters. The first-order valence-corrected chi connectivity index (χ1v) is 12.1. The zero-order valence-corrected chi connectivity index (χ0v) is 20.4. The smallest absolute Gasteiger partial charge is 0.277 e. The lowest BCUT2D eigenvalue weighted by Gasteiger charge is -2.37. The zero-order valence-electron chi connectivity index (χ0n) is 20.4. The molecule has 180 valence electrons. The Balaban J connectivity index is 1.85. The number of benzene rings is 1. The summed E-state index contributed by atoms with van der Waals surface area (Å²) in [6.07, 6.45) is 3.83. The van der Waals surface area contributed by atoms with Gasteiger partial charge in [-0.3, -0.25) is 19.3 Å². The highest BCUT2D eigenvalue weighted by atomic mass is 16.5. The van der Waals surface area contributed by atoms with Gasteiger partial charge in [0.25, 0.3) is 11.8 Å². The lowest BCUT2D eigenvalue weighted by molar-refractivity contribution is -0.138. The monoisotopic (exact) mass is 455 g/mol. The number of nitrogens with one attached hydrogen (secondary N) is 1. The van der Waals surface area contributed by atoms with Crippen LogP contribution in [0.1, 0.15) is 58.9 Å². The molecule has 0 spiro atoms. The van der Waals surface area contributed by atoms with Crippen molar-refractivity contribution < 1.29 is 19.1 Å². The lowest BCUT2D eigenvalue weighted by atomic mass is 9.91. The Bertz CT molecular complexity index is 883. The molecule has 2 unspecified atom stereocenters. The van der Waals surface area contributed by atoms with Gasteiger partial charge in [-0.05, 0) is 48.8 Å². The Hall–Kier alpha value is -2.67. The number of carbonyl (C=O) groups excluding carboxylic acids is 3. The topological polar surface area (TPSA) is 79.0 Å². The summed E-state index contributed by atoms with van der Waals surface area (Å²) in [7, 11) is 0. The van der Waals surface area contributed by atoms with E-state index in [9.17, 15) is 14.4 Å². The SMILES string of the molecule is CCCCOCCCN1C(=O)C(c2ccc(NC(C)=O)cc2)=C(N2CC(C)CC(C)C2)C1=O. The number of likely N-dealkylation sites (tertiary alicyclic amines) is 1. The normalized spacial score (nSPS) is 21.2. The minimum absolute atomic E-state index is 0.154. The van der Waals surface area contributed by atoms with Crippen molar-refractivity contribution in [1.29, 1.82) is 0 Å². The van der Waals surface area contributed by atoms with Crippen molar-refractivity contribution >= 4 is 29.0 Å². The maximum absolute atomic E-state index is 13.5. The molecule has 1 fully saturated rings. The largest absolute Gasteiger partial charge is 0.381 e. The standard InChI is InChI=1S/C26H37N3O4/c1-5-6-13-33-14-7-12-29-25(31)23(21-8-10-22(11-9-21)27-20(4)30)24(26(29)32)28-16-18(2)15-19(3)17-28/h8-11,18-19H,5-7,12-17H2,1-4H3,(H,27,30). The molecule has 2 heterocycles. The predicted octanol–water partition coefficient (Wildman–Crippen LogP) is 3.91. The van der Waals surface area contributed by atoms with Gasteiger partial charge in [-0.1, -0.05) is 39.3 Å². The van der Waals surface area contributed by atoms with Gasteiger partial charge in [-0.2, -0.15) is 0 Å². The second kappa shape index (κ2) is 11.5. The molecular formula is C26H37N3O4. The van der Waals surface area contributed by atoms with Crippen molar-refractivity contribution in [3.8, 4) is 0 Å². The van der Waals surface area contributed by atoms with Crippen LogP contribution < -0.4 is 5.32 Å². The highest BCUT2D eigenvalue weighted by Gasteiger charge is 2.42. The van der Waals surface area contributed by atoms with Crippen molar-refractivity contribution in [2.24, 2.45) is 11.8 Å². The number of hydrogen-bond donors (Lipinski definition) is 1. The number of carbonyl (C=O) groups is 3. The fraction of sp³-hybridized carbons (Fsp3) is 0.577. The van der Waals surface area contributed by atoms with Crippen molar-refractivity contribution in [2.45, 2.75) is 53.4 Å². The van der Waals surface area contributed by atoms with Gasteiger partial charge >= 0.3 is 0 Å². The summed E-state index contributed by atoms with van der Waals surface area (Å²) in [5.74, 6) is 0.290. The maximum Gasteiger partial charge on any atom is 0.277 e. The molecule has 1 N–H and O–H groups in total. The minimum atomic E-state index is -0.248. The molecule has 0 saturated carbocycles. The van der Waals surface area contributed by atoms with Gasteiger partial charge in [0.15, 0.2) is 0 Å². The first kappa shape index (κ1) is 25.0. The zero-order chi connectivity index (χ0) is 24.0. The van der Waals surface area contributed by atoms with Crippen LogP contribution in [0.3, 0.4) is 0 Å². The van der Waals surface area contributed by atoms with E-state index in [1.807, 2.05) is 0 Å². The molecule has 7 heteroatoms. The molecule has 1 saturated heterocycles. The maximum atomic E-state index is 13.5. The van der Waals surface area contributed by atoms with Crippen LogP contribution >= 0.6 is 0 Å². The molecule has 2 aliphatic heterocycles. The second-order valence-electron chi connectivity index (χ2n) is 9.41. The number of amides is 3. The Kier molecular flexibility index (Phi) is 8.67. The predicted molar refractivity (Wildman–Crippen MR) is 129 cm³/mol. The molecule has 7 nitrogen and oxygen atoms in total. The summed E-state index contributed by atoms with van der Waals surface area (Å²) in [4.78, 5) is 41.8. The quantitative estimate of drug-likeness (QED) is 0.427. The highest BCUT2D eigenvalue weighted by Crippen LogP contribution is 2.35. The summed E-state index contributed by atoms with van der Waals surface area (Å²) in [5, 5.41) is 2.74. The highest BCUT2D eigenvalue weighted by molar-refractivity contribution is 6.35. The molecule has 0 aromatic heterocycles. The third kappa shape index (κ3) is 6.22. The number of hydrogen-bond acceptors (Lipinski definition) is 5. The number of rotatable bonds is 10. The van der Waals surface area contributed by atoms with Gasteiger partial charge in [0, 0.05) is 45.5 Å². The Morgan fingerprint density at radius 2 is 1.67 bits per heavy atom. The molecule has 0 bridgehead atoms. The fourth-order valence-electron chi connectivity index (χ4n) is 4.76. The van der Waals surface area contributed by atoms with E-state index in [2.05, 4.69) is 31.0 Å². The molecule has 3 rings (SSSR count). The van der Waals surface area contributed by atoms with Crippen LogP contribution in [-0.4, -0.2) is 60.4 Å². The fourth-order valence-corrected chi connectivity index (χ4v) is 4.76.